The molecule has 0 aliphatic carbocycles. The van der Waals surface area contributed by atoms with Crippen molar-refractivity contribution in [2.24, 2.45) is 0 Å². The van der Waals surface area contributed by atoms with E-state index in [2.05, 4.69) is 4.98 Å². The van der Waals surface area contributed by atoms with Crippen LogP contribution in [0, 0.1) is 5.82 Å². The Morgan fingerprint density at radius 1 is 1.29 bits per heavy atom. The zero-order valence-corrected chi connectivity index (χ0v) is 16.6. The summed E-state index contributed by atoms with van der Waals surface area (Å²) in [4.78, 5) is 17.4. The average molecular weight is 429 g/mol. The number of aromatic carboxylic acids is 1. The van der Waals surface area contributed by atoms with Crippen molar-refractivity contribution in [3.05, 3.63) is 59.8 Å². The molecule has 2 aliphatic heterocycles. The molecule has 2 aliphatic rings. The Morgan fingerprint density at radius 3 is 2.94 bits per heavy atom. The predicted octanol–water partition coefficient (Wildman–Crippen LogP) is 3.63. The Labute approximate surface area is 176 Å². The van der Waals surface area contributed by atoms with E-state index in [1.807, 2.05) is 4.90 Å². The maximum absolute atomic E-state index is 14.6. The van der Waals surface area contributed by atoms with Crippen LogP contribution in [0.1, 0.15) is 34.9 Å². The number of ether oxygens (including phenoxy) is 2. The standard InChI is InChI=1S/C22H21F2N3O4/c23-13-1-3-20(31-16-5-6-30-12-16)17(7-13)18-8-14(24)10-26(18)15-2-4-21-25-9-19(22(28)29)27(21)11-15/h1-4,7,9,11,14,16,18H,5-6,8,10,12H2,(H,28,29)/t14-,16+,18+/m0/s1. The number of hydrogen-bond donors (Lipinski definition) is 1. The van der Waals surface area contributed by atoms with Crippen molar-refractivity contribution in [3.8, 4) is 5.75 Å². The molecule has 2 fully saturated rings. The summed E-state index contributed by atoms with van der Waals surface area (Å²) in [5.74, 6) is -1.02. The molecule has 3 atom stereocenters. The van der Waals surface area contributed by atoms with E-state index >= 15 is 0 Å². The number of imidazole rings is 1. The van der Waals surface area contributed by atoms with E-state index in [0.29, 0.717) is 35.9 Å². The number of carboxylic acids is 1. The van der Waals surface area contributed by atoms with Crippen molar-refractivity contribution in [2.45, 2.75) is 31.2 Å². The number of aromatic nitrogens is 2. The lowest BCUT2D eigenvalue weighted by Crippen LogP contribution is -2.25. The van der Waals surface area contributed by atoms with E-state index in [9.17, 15) is 18.7 Å². The van der Waals surface area contributed by atoms with Gasteiger partial charge in [0.05, 0.1) is 31.1 Å². The van der Waals surface area contributed by atoms with Crippen molar-refractivity contribution in [1.29, 1.82) is 0 Å². The van der Waals surface area contributed by atoms with Gasteiger partial charge in [-0.2, -0.15) is 0 Å². The van der Waals surface area contributed by atoms with Gasteiger partial charge in [0.1, 0.15) is 29.5 Å². The minimum atomic E-state index is -1.12. The Morgan fingerprint density at radius 2 is 2.16 bits per heavy atom. The van der Waals surface area contributed by atoms with E-state index in [4.69, 9.17) is 9.47 Å². The largest absolute Gasteiger partial charge is 0.488 e. The normalized spacial score (nSPS) is 23.5. The quantitative estimate of drug-likeness (QED) is 0.668. The van der Waals surface area contributed by atoms with E-state index in [-0.39, 0.29) is 24.8 Å². The Balaban J connectivity index is 1.53. The van der Waals surface area contributed by atoms with Crippen LogP contribution in [-0.2, 0) is 4.74 Å². The highest BCUT2D eigenvalue weighted by atomic mass is 19.1. The van der Waals surface area contributed by atoms with Crippen LogP contribution in [0.2, 0.25) is 0 Å². The molecule has 3 aromatic rings. The number of pyridine rings is 1. The Bertz CT molecular complexity index is 1130. The predicted molar refractivity (Wildman–Crippen MR) is 108 cm³/mol. The molecular weight excluding hydrogens is 408 g/mol. The van der Waals surface area contributed by atoms with Crippen molar-refractivity contribution >= 4 is 17.3 Å². The number of benzene rings is 1. The van der Waals surface area contributed by atoms with E-state index in [1.54, 1.807) is 24.4 Å². The highest BCUT2D eigenvalue weighted by Crippen LogP contribution is 2.42. The molecule has 4 heterocycles. The van der Waals surface area contributed by atoms with Crippen molar-refractivity contribution < 1.29 is 28.2 Å². The van der Waals surface area contributed by atoms with Crippen LogP contribution in [0.25, 0.3) is 5.65 Å². The number of rotatable bonds is 5. The minimum Gasteiger partial charge on any atom is -0.488 e. The molecule has 0 spiro atoms. The third-order valence-electron chi connectivity index (χ3n) is 5.80. The number of halogens is 2. The fraction of sp³-hybridized carbons (Fsp3) is 0.364. The van der Waals surface area contributed by atoms with Gasteiger partial charge in [-0.1, -0.05) is 0 Å². The fourth-order valence-electron chi connectivity index (χ4n) is 4.33. The van der Waals surface area contributed by atoms with Gasteiger partial charge in [0.25, 0.3) is 0 Å². The van der Waals surface area contributed by atoms with Crippen molar-refractivity contribution in [3.63, 3.8) is 0 Å². The van der Waals surface area contributed by atoms with Gasteiger partial charge >= 0.3 is 5.97 Å². The molecule has 1 aromatic carbocycles. The van der Waals surface area contributed by atoms with Crippen LogP contribution in [0.3, 0.4) is 0 Å². The summed E-state index contributed by atoms with van der Waals surface area (Å²) in [7, 11) is 0. The molecular formula is C22H21F2N3O4. The first-order valence-corrected chi connectivity index (χ1v) is 10.1. The first-order valence-electron chi connectivity index (χ1n) is 10.1. The highest BCUT2D eigenvalue weighted by Gasteiger charge is 2.36. The number of nitrogens with zero attached hydrogens (tertiary/aromatic N) is 3. The first kappa shape index (κ1) is 19.7. The molecule has 0 amide bonds. The molecule has 0 saturated carbocycles. The number of carbonyl (C=O) groups is 1. The first-order chi connectivity index (χ1) is 15.0. The molecule has 31 heavy (non-hydrogen) atoms. The maximum Gasteiger partial charge on any atom is 0.354 e. The lowest BCUT2D eigenvalue weighted by atomic mass is 10.0. The monoisotopic (exact) mass is 429 g/mol. The second-order valence-corrected chi connectivity index (χ2v) is 7.85. The number of carboxylic acid groups (broad SMARTS) is 1. The molecule has 2 saturated heterocycles. The number of hydrogen-bond acceptors (Lipinski definition) is 5. The zero-order valence-electron chi connectivity index (χ0n) is 16.6. The van der Waals surface area contributed by atoms with Gasteiger partial charge in [-0.15, -0.1) is 0 Å². The van der Waals surface area contributed by atoms with Crippen LogP contribution in [-0.4, -0.2) is 52.5 Å². The maximum atomic E-state index is 14.6. The fourth-order valence-corrected chi connectivity index (χ4v) is 4.33. The summed E-state index contributed by atoms with van der Waals surface area (Å²) < 4.78 is 41.7. The van der Waals surface area contributed by atoms with E-state index in [0.717, 1.165) is 6.42 Å². The van der Waals surface area contributed by atoms with Gasteiger partial charge in [-0.05, 0) is 30.3 Å². The number of alkyl halides is 1. The molecule has 2 aromatic heterocycles. The molecule has 5 rings (SSSR count). The average Bonchev–Trinajstić information content (AvgIpc) is 3.48. The third-order valence-corrected chi connectivity index (χ3v) is 5.80. The number of anilines is 1. The van der Waals surface area contributed by atoms with E-state index in [1.165, 1.54) is 22.7 Å². The van der Waals surface area contributed by atoms with Gasteiger partial charge in [0.15, 0.2) is 5.69 Å². The van der Waals surface area contributed by atoms with Crippen LogP contribution in [0.15, 0.2) is 42.7 Å². The molecule has 0 unspecified atom stereocenters. The highest BCUT2D eigenvalue weighted by molar-refractivity contribution is 5.86. The molecule has 1 N–H and O–H groups in total. The van der Waals surface area contributed by atoms with Crippen molar-refractivity contribution in [1.82, 2.24) is 9.38 Å². The summed E-state index contributed by atoms with van der Waals surface area (Å²) in [6.45, 7) is 1.18. The summed E-state index contributed by atoms with van der Waals surface area (Å²) in [6, 6.07) is 7.29. The van der Waals surface area contributed by atoms with Gasteiger partial charge in [-0.25, -0.2) is 18.6 Å². The molecule has 9 heteroatoms. The Kier molecular flexibility index (Phi) is 4.97. The van der Waals surface area contributed by atoms with Crippen LogP contribution in [0.4, 0.5) is 14.5 Å². The van der Waals surface area contributed by atoms with Gasteiger partial charge in [-0.3, -0.25) is 4.40 Å². The van der Waals surface area contributed by atoms with Crippen LogP contribution < -0.4 is 9.64 Å². The molecule has 0 radical (unpaired) electrons. The summed E-state index contributed by atoms with van der Waals surface area (Å²) in [5.41, 5.74) is 1.68. The SMILES string of the molecule is O=C(O)c1cnc2ccc(N3C[C@@H](F)C[C@@H]3c3cc(F)ccc3O[C@@H]3CCOC3)cn12. The van der Waals surface area contributed by atoms with Gasteiger partial charge < -0.3 is 19.5 Å². The second kappa shape index (κ2) is 7.81. The summed E-state index contributed by atoms with van der Waals surface area (Å²) in [5, 5.41) is 9.40. The number of fused-ring (bicyclic) bond motifs is 1. The van der Waals surface area contributed by atoms with Gasteiger partial charge in [0.2, 0.25) is 0 Å². The zero-order chi connectivity index (χ0) is 21.5. The van der Waals surface area contributed by atoms with Gasteiger partial charge in [0, 0.05) is 31.1 Å². The van der Waals surface area contributed by atoms with Crippen LogP contribution in [0.5, 0.6) is 5.75 Å². The molecule has 7 nitrogen and oxygen atoms in total. The smallest absolute Gasteiger partial charge is 0.354 e. The Hall–Kier alpha value is -3.20. The summed E-state index contributed by atoms with van der Waals surface area (Å²) in [6.07, 6.45) is 2.58. The third kappa shape index (κ3) is 3.69. The minimum absolute atomic E-state index is 0.0143. The van der Waals surface area contributed by atoms with Crippen molar-refractivity contribution in [2.75, 3.05) is 24.7 Å². The molecule has 162 valence electrons. The summed E-state index contributed by atoms with van der Waals surface area (Å²) >= 11 is 0. The van der Waals surface area contributed by atoms with E-state index < -0.39 is 24.0 Å². The van der Waals surface area contributed by atoms with Crippen LogP contribution >= 0.6 is 0 Å². The lowest BCUT2D eigenvalue weighted by molar-refractivity contribution is 0.0689. The molecule has 0 bridgehead atoms. The second-order valence-electron chi connectivity index (χ2n) is 7.85. The lowest BCUT2D eigenvalue weighted by Gasteiger charge is -2.29. The topological polar surface area (TPSA) is 76.3 Å².